The van der Waals surface area contributed by atoms with Gasteiger partial charge in [-0.05, 0) is 23.6 Å². The molecule has 0 aliphatic carbocycles. The number of nitrogens with one attached hydrogen (secondary N) is 1. The first-order chi connectivity index (χ1) is 11.1. The Hall–Kier alpha value is -2.22. The summed E-state index contributed by atoms with van der Waals surface area (Å²) in [6, 6.07) is 10.4. The summed E-state index contributed by atoms with van der Waals surface area (Å²) in [5, 5.41) is 14.7. The third-order valence-corrected chi connectivity index (χ3v) is 4.30. The van der Waals surface area contributed by atoms with Gasteiger partial charge >= 0.3 is 0 Å². The number of aliphatic hydroxyl groups excluding tert-OH is 1. The molecule has 2 unspecified atom stereocenters. The standard InChI is InChI=1S/C16H17N3O3S/c17-11(8-10-4-3-7-23-10)15(21)18-9-13(20)16-19-12-5-1-2-6-14(12)22-16/h1-7,11,13,20H,8-9,17H2,(H,18,21). The zero-order valence-electron chi connectivity index (χ0n) is 12.3. The molecule has 1 aromatic carbocycles. The van der Waals surface area contributed by atoms with Gasteiger partial charge in [0.25, 0.3) is 0 Å². The van der Waals surface area contributed by atoms with Crippen LogP contribution in [0.3, 0.4) is 0 Å². The number of amides is 1. The molecule has 0 aliphatic heterocycles. The number of hydrogen-bond acceptors (Lipinski definition) is 6. The summed E-state index contributed by atoms with van der Waals surface area (Å²) < 4.78 is 5.47. The van der Waals surface area contributed by atoms with Crippen LogP contribution in [0, 0.1) is 0 Å². The highest BCUT2D eigenvalue weighted by Crippen LogP contribution is 2.19. The second-order valence-corrected chi connectivity index (χ2v) is 6.20. The Morgan fingerprint density at radius 2 is 2.17 bits per heavy atom. The summed E-state index contributed by atoms with van der Waals surface area (Å²) in [7, 11) is 0. The highest BCUT2D eigenvalue weighted by Gasteiger charge is 2.19. The fraction of sp³-hybridized carbons (Fsp3) is 0.250. The summed E-state index contributed by atoms with van der Waals surface area (Å²) >= 11 is 1.56. The van der Waals surface area contributed by atoms with Crippen molar-refractivity contribution in [2.45, 2.75) is 18.6 Å². The smallest absolute Gasteiger partial charge is 0.237 e. The molecule has 2 heterocycles. The van der Waals surface area contributed by atoms with Gasteiger partial charge in [0, 0.05) is 11.3 Å². The van der Waals surface area contributed by atoms with Crippen LogP contribution < -0.4 is 11.1 Å². The van der Waals surface area contributed by atoms with E-state index in [4.69, 9.17) is 10.2 Å². The van der Waals surface area contributed by atoms with E-state index >= 15 is 0 Å². The highest BCUT2D eigenvalue weighted by molar-refractivity contribution is 7.09. The number of rotatable bonds is 6. The van der Waals surface area contributed by atoms with E-state index in [-0.39, 0.29) is 18.3 Å². The van der Waals surface area contributed by atoms with Crippen LogP contribution in [0.25, 0.3) is 11.1 Å². The average molecular weight is 331 g/mol. The van der Waals surface area contributed by atoms with Crippen LogP contribution >= 0.6 is 11.3 Å². The SMILES string of the molecule is NC(Cc1cccs1)C(=O)NCC(O)c1nc2ccccc2o1. The molecule has 2 atom stereocenters. The fourth-order valence-corrected chi connectivity index (χ4v) is 2.95. The predicted molar refractivity (Wildman–Crippen MR) is 88.0 cm³/mol. The lowest BCUT2D eigenvalue weighted by atomic mass is 10.2. The zero-order chi connectivity index (χ0) is 16.2. The highest BCUT2D eigenvalue weighted by atomic mass is 32.1. The molecule has 7 heteroatoms. The number of carbonyl (C=O) groups excluding carboxylic acids is 1. The number of aliphatic hydroxyl groups is 1. The van der Waals surface area contributed by atoms with Crippen LogP contribution in [0.5, 0.6) is 0 Å². The molecule has 2 aromatic heterocycles. The third kappa shape index (κ3) is 3.76. The molecular weight excluding hydrogens is 314 g/mol. The van der Waals surface area contributed by atoms with Crippen molar-refractivity contribution >= 4 is 28.3 Å². The molecule has 4 N–H and O–H groups in total. The monoisotopic (exact) mass is 331 g/mol. The first-order valence-corrected chi connectivity index (χ1v) is 8.10. The minimum absolute atomic E-state index is 0.00377. The number of para-hydroxylation sites is 2. The third-order valence-electron chi connectivity index (χ3n) is 3.40. The van der Waals surface area contributed by atoms with Crippen molar-refractivity contribution in [1.82, 2.24) is 10.3 Å². The number of carbonyl (C=O) groups is 1. The second kappa shape index (κ2) is 6.91. The zero-order valence-corrected chi connectivity index (χ0v) is 13.1. The maximum Gasteiger partial charge on any atom is 0.237 e. The molecule has 3 rings (SSSR count). The van der Waals surface area contributed by atoms with E-state index in [9.17, 15) is 9.90 Å². The molecule has 0 radical (unpaired) electrons. The number of thiophene rings is 1. The van der Waals surface area contributed by atoms with Gasteiger partial charge in [0.15, 0.2) is 5.58 Å². The first kappa shape index (κ1) is 15.7. The average Bonchev–Trinajstić information content (AvgIpc) is 3.20. The predicted octanol–water partition coefficient (Wildman–Crippen LogP) is 1.61. The quantitative estimate of drug-likeness (QED) is 0.637. The van der Waals surface area contributed by atoms with Gasteiger partial charge in [0.1, 0.15) is 11.6 Å². The molecular formula is C16H17N3O3S. The normalized spacial score (nSPS) is 13.8. The molecule has 1 amide bonds. The van der Waals surface area contributed by atoms with Crippen LogP contribution in [0.1, 0.15) is 16.9 Å². The largest absolute Gasteiger partial charge is 0.438 e. The van der Waals surface area contributed by atoms with Gasteiger partial charge in [-0.3, -0.25) is 4.79 Å². The van der Waals surface area contributed by atoms with E-state index in [1.165, 1.54) is 0 Å². The first-order valence-electron chi connectivity index (χ1n) is 7.22. The van der Waals surface area contributed by atoms with Crippen molar-refractivity contribution in [3.05, 3.63) is 52.5 Å². The number of benzene rings is 1. The molecule has 0 bridgehead atoms. The van der Waals surface area contributed by atoms with Crippen molar-refractivity contribution in [3.8, 4) is 0 Å². The maximum absolute atomic E-state index is 12.0. The molecule has 0 fully saturated rings. The number of aromatic nitrogens is 1. The van der Waals surface area contributed by atoms with E-state index in [2.05, 4.69) is 10.3 Å². The molecule has 0 aliphatic rings. The molecule has 3 aromatic rings. The van der Waals surface area contributed by atoms with Crippen molar-refractivity contribution in [2.24, 2.45) is 5.73 Å². The van der Waals surface area contributed by atoms with Crippen molar-refractivity contribution in [3.63, 3.8) is 0 Å². The Bertz CT molecular complexity index is 752. The number of hydrogen-bond donors (Lipinski definition) is 3. The van der Waals surface area contributed by atoms with E-state index in [0.29, 0.717) is 17.5 Å². The van der Waals surface area contributed by atoms with E-state index in [0.717, 1.165) is 4.88 Å². The molecule has 23 heavy (non-hydrogen) atoms. The van der Waals surface area contributed by atoms with Gasteiger partial charge in [-0.25, -0.2) is 4.98 Å². The lowest BCUT2D eigenvalue weighted by Gasteiger charge is -2.13. The van der Waals surface area contributed by atoms with Crippen LogP contribution in [0.4, 0.5) is 0 Å². The summed E-state index contributed by atoms with van der Waals surface area (Å²) in [5.41, 5.74) is 7.14. The minimum atomic E-state index is -1.01. The minimum Gasteiger partial charge on any atom is -0.438 e. The molecule has 120 valence electrons. The van der Waals surface area contributed by atoms with E-state index in [1.54, 1.807) is 23.5 Å². The maximum atomic E-state index is 12.0. The lowest BCUT2D eigenvalue weighted by Crippen LogP contribution is -2.43. The Kier molecular flexibility index (Phi) is 4.71. The number of nitrogens with zero attached hydrogens (tertiary/aromatic N) is 1. The fourth-order valence-electron chi connectivity index (χ4n) is 2.19. The second-order valence-electron chi connectivity index (χ2n) is 5.17. The lowest BCUT2D eigenvalue weighted by molar-refractivity contribution is -0.122. The van der Waals surface area contributed by atoms with Crippen molar-refractivity contribution < 1.29 is 14.3 Å². The number of oxazole rings is 1. The summed E-state index contributed by atoms with van der Waals surface area (Å²) in [4.78, 5) is 17.2. The van der Waals surface area contributed by atoms with E-state index < -0.39 is 12.1 Å². The molecule has 0 spiro atoms. The van der Waals surface area contributed by atoms with Crippen molar-refractivity contribution in [2.75, 3.05) is 6.54 Å². The summed E-state index contributed by atoms with van der Waals surface area (Å²) in [6.07, 6.45) is -0.539. The van der Waals surface area contributed by atoms with Crippen LogP contribution in [0.2, 0.25) is 0 Å². The van der Waals surface area contributed by atoms with Gasteiger partial charge in [0.2, 0.25) is 11.8 Å². The van der Waals surface area contributed by atoms with E-state index in [1.807, 2.05) is 29.6 Å². The van der Waals surface area contributed by atoms with Crippen LogP contribution in [-0.4, -0.2) is 28.6 Å². The van der Waals surface area contributed by atoms with Crippen molar-refractivity contribution in [1.29, 1.82) is 0 Å². The Labute approximate surface area is 136 Å². The summed E-state index contributed by atoms with van der Waals surface area (Å²) in [6.45, 7) is 0.00377. The van der Waals surface area contributed by atoms with Crippen LogP contribution in [-0.2, 0) is 11.2 Å². The molecule has 6 nitrogen and oxygen atoms in total. The molecule has 0 saturated carbocycles. The summed E-state index contributed by atoms with van der Waals surface area (Å²) in [5.74, 6) is -0.133. The van der Waals surface area contributed by atoms with Crippen LogP contribution in [0.15, 0.2) is 46.2 Å². The van der Waals surface area contributed by atoms with Gasteiger partial charge < -0.3 is 20.6 Å². The Morgan fingerprint density at radius 3 is 2.91 bits per heavy atom. The van der Waals surface area contributed by atoms with Gasteiger partial charge in [-0.15, -0.1) is 11.3 Å². The Morgan fingerprint density at radius 1 is 1.35 bits per heavy atom. The Balaban J connectivity index is 1.55. The number of nitrogens with two attached hydrogens (primary N) is 1. The number of fused-ring (bicyclic) bond motifs is 1. The van der Waals surface area contributed by atoms with Gasteiger partial charge in [-0.2, -0.15) is 0 Å². The van der Waals surface area contributed by atoms with Gasteiger partial charge in [0.05, 0.1) is 12.6 Å². The topological polar surface area (TPSA) is 101 Å². The van der Waals surface area contributed by atoms with Gasteiger partial charge in [-0.1, -0.05) is 18.2 Å². The molecule has 0 saturated heterocycles.